The quantitative estimate of drug-likeness (QED) is 0.666. The Kier molecular flexibility index (Phi) is 4.72. The lowest BCUT2D eigenvalue weighted by atomic mass is 10.1. The molecule has 0 radical (unpaired) electrons. The number of thiocarbonyl (C=S) groups is 1. The minimum atomic E-state index is -0.346. The predicted molar refractivity (Wildman–Crippen MR) is 72.6 cm³/mol. The van der Waals surface area contributed by atoms with Crippen LogP contribution in [0.4, 0.5) is 5.69 Å². The number of esters is 1. The van der Waals surface area contributed by atoms with Gasteiger partial charge in [-0.1, -0.05) is 29.9 Å². The van der Waals surface area contributed by atoms with Gasteiger partial charge in [0, 0.05) is 12.7 Å². The van der Waals surface area contributed by atoms with Crippen LogP contribution in [0.1, 0.15) is 5.56 Å². The summed E-state index contributed by atoms with van der Waals surface area (Å²) in [6, 6.07) is 5.27. The number of methoxy groups -OCH3 is 1. The van der Waals surface area contributed by atoms with Gasteiger partial charge in [0.1, 0.15) is 11.5 Å². The first-order valence-electron chi connectivity index (χ1n) is 4.83. The highest BCUT2D eigenvalue weighted by molar-refractivity contribution is 7.80. The van der Waals surface area contributed by atoms with Crippen molar-refractivity contribution < 1.29 is 9.53 Å². The fourth-order valence-electron chi connectivity index (χ4n) is 1.42. The van der Waals surface area contributed by atoms with Crippen molar-refractivity contribution >= 4 is 40.5 Å². The molecule has 4 nitrogen and oxygen atoms in total. The zero-order chi connectivity index (χ0) is 13.0. The van der Waals surface area contributed by atoms with Crippen LogP contribution in [0.25, 0.3) is 0 Å². The van der Waals surface area contributed by atoms with E-state index in [9.17, 15) is 4.79 Å². The molecule has 0 aliphatic carbocycles. The lowest BCUT2D eigenvalue weighted by Gasteiger charge is -2.21. The summed E-state index contributed by atoms with van der Waals surface area (Å²) in [6.45, 7) is 0.104. The molecule has 0 aliphatic heterocycles. The molecule has 6 heteroatoms. The number of benzene rings is 1. The number of rotatable bonds is 4. The van der Waals surface area contributed by atoms with Crippen LogP contribution in [0.2, 0.25) is 5.02 Å². The third kappa shape index (κ3) is 3.31. The largest absolute Gasteiger partial charge is 0.468 e. The lowest BCUT2D eigenvalue weighted by Crippen LogP contribution is -2.28. The third-order valence-corrected chi connectivity index (χ3v) is 2.76. The Morgan fingerprint density at radius 1 is 1.59 bits per heavy atom. The first kappa shape index (κ1) is 13.7. The maximum Gasteiger partial charge on any atom is 0.325 e. The van der Waals surface area contributed by atoms with E-state index in [1.165, 1.54) is 7.11 Å². The first-order chi connectivity index (χ1) is 7.97. The van der Waals surface area contributed by atoms with Crippen LogP contribution in [0, 0.1) is 0 Å². The number of hydrogen-bond donors (Lipinski definition) is 1. The molecule has 0 aliphatic rings. The summed E-state index contributed by atoms with van der Waals surface area (Å²) in [5.74, 6) is -0.346. The van der Waals surface area contributed by atoms with Crippen molar-refractivity contribution in [3.05, 3.63) is 28.8 Å². The van der Waals surface area contributed by atoms with E-state index in [1.807, 2.05) is 0 Å². The Balaban J connectivity index is 3.09. The van der Waals surface area contributed by atoms with Gasteiger partial charge in [-0.2, -0.15) is 0 Å². The highest BCUT2D eigenvalue weighted by Gasteiger charge is 2.15. The Morgan fingerprint density at radius 2 is 2.24 bits per heavy atom. The molecule has 0 bridgehead atoms. The Bertz CT molecular complexity index is 451. The van der Waals surface area contributed by atoms with E-state index >= 15 is 0 Å². The van der Waals surface area contributed by atoms with Gasteiger partial charge < -0.3 is 15.4 Å². The van der Waals surface area contributed by atoms with Crippen molar-refractivity contribution in [2.24, 2.45) is 5.73 Å². The number of carbonyl (C=O) groups is 1. The molecule has 0 heterocycles. The molecule has 0 amide bonds. The fourth-order valence-corrected chi connectivity index (χ4v) is 1.96. The number of ether oxygens (including phenoxy) is 1. The van der Waals surface area contributed by atoms with E-state index in [1.54, 1.807) is 30.1 Å². The molecule has 17 heavy (non-hydrogen) atoms. The monoisotopic (exact) mass is 272 g/mol. The number of carbonyl (C=O) groups excluding carboxylic acids is 1. The van der Waals surface area contributed by atoms with Crippen molar-refractivity contribution in [1.29, 1.82) is 0 Å². The molecule has 0 saturated carbocycles. The average Bonchev–Trinajstić information content (AvgIpc) is 2.27. The minimum Gasteiger partial charge on any atom is -0.468 e. The van der Waals surface area contributed by atoms with Crippen molar-refractivity contribution in [2.45, 2.75) is 0 Å². The molecule has 0 aromatic heterocycles. The third-order valence-electron chi connectivity index (χ3n) is 2.24. The Morgan fingerprint density at radius 3 is 2.76 bits per heavy atom. The van der Waals surface area contributed by atoms with Crippen molar-refractivity contribution in [1.82, 2.24) is 0 Å². The zero-order valence-electron chi connectivity index (χ0n) is 9.57. The van der Waals surface area contributed by atoms with Crippen LogP contribution in [-0.2, 0) is 9.53 Å². The molecule has 1 aromatic rings. The maximum atomic E-state index is 11.2. The molecule has 0 saturated heterocycles. The zero-order valence-corrected chi connectivity index (χ0v) is 11.1. The number of likely N-dealkylation sites (N-methyl/N-ethyl adjacent to an activating group) is 1. The summed E-state index contributed by atoms with van der Waals surface area (Å²) in [5.41, 5.74) is 6.89. The summed E-state index contributed by atoms with van der Waals surface area (Å²) in [5, 5.41) is 0.465. The highest BCUT2D eigenvalue weighted by Crippen LogP contribution is 2.26. The smallest absolute Gasteiger partial charge is 0.325 e. The van der Waals surface area contributed by atoms with Gasteiger partial charge in [-0.15, -0.1) is 0 Å². The van der Waals surface area contributed by atoms with Crippen molar-refractivity contribution in [2.75, 3.05) is 25.6 Å². The molecular weight excluding hydrogens is 260 g/mol. The second kappa shape index (κ2) is 5.84. The molecule has 0 fully saturated rings. The highest BCUT2D eigenvalue weighted by atomic mass is 35.5. The van der Waals surface area contributed by atoms with E-state index < -0.39 is 0 Å². The lowest BCUT2D eigenvalue weighted by molar-refractivity contribution is -0.138. The van der Waals surface area contributed by atoms with E-state index in [0.717, 1.165) is 0 Å². The van der Waals surface area contributed by atoms with Gasteiger partial charge in [-0.3, -0.25) is 4.79 Å². The number of nitrogens with zero attached hydrogens (tertiary/aromatic N) is 1. The molecule has 2 N–H and O–H groups in total. The van der Waals surface area contributed by atoms with Gasteiger partial charge in [0.15, 0.2) is 0 Å². The van der Waals surface area contributed by atoms with Gasteiger partial charge >= 0.3 is 5.97 Å². The number of halogens is 1. The van der Waals surface area contributed by atoms with Gasteiger partial charge in [0.05, 0.1) is 17.7 Å². The molecule has 92 valence electrons. The summed E-state index contributed by atoms with van der Waals surface area (Å²) in [4.78, 5) is 13.1. The second-order valence-electron chi connectivity index (χ2n) is 3.43. The van der Waals surface area contributed by atoms with Crippen LogP contribution in [0.15, 0.2) is 18.2 Å². The van der Waals surface area contributed by atoms with Crippen LogP contribution in [-0.4, -0.2) is 31.7 Å². The minimum absolute atomic E-state index is 0.104. The van der Waals surface area contributed by atoms with E-state index in [-0.39, 0.29) is 17.5 Å². The molecular formula is C11H13ClN2O2S. The van der Waals surface area contributed by atoms with Crippen molar-refractivity contribution in [3.8, 4) is 0 Å². The maximum absolute atomic E-state index is 11.2. The number of nitrogens with two attached hydrogens (primary N) is 1. The molecule has 1 rings (SSSR count). The van der Waals surface area contributed by atoms with Gasteiger partial charge in [-0.05, 0) is 12.1 Å². The predicted octanol–water partition coefficient (Wildman–Crippen LogP) is 1.58. The standard InChI is InChI=1S/C11H13ClN2O2S/c1-14(6-9(15)16-2)8-5-3-4-7(12)10(8)11(13)17/h3-5H,6H2,1-2H3,(H2,13,17). The number of hydrogen-bond acceptors (Lipinski definition) is 4. The Labute approximate surface area is 110 Å². The van der Waals surface area contributed by atoms with Gasteiger partial charge in [-0.25, -0.2) is 0 Å². The number of anilines is 1. The van der Waals surface area contributed by atoms with Crippen molar-refractivity contribution in [3.63, 3.8) is 0 Å². The van der Waals surface area contributed by atoms with Crippen LogP contribution < -0.4 is 10.6 Å². The molecule has 0 unspecified atom stereocenters. The van der Waals surface area contributed by atoms with E-state index in [4.69, 9.17) is 29.6 Å². The summed E-state index contributed by atoms with van der Waals surface area (Å²) in [6.07, 6.45) is 0. The summed E-state index contributed by atoms with van der Waals surface area (Å²) in [7, 11) is 3.08. The van der Waals surface area contributed by atoms with Crippen LogP contribution >= 0.6 is 23.8 Å². The van der Waals surface area contributed by atoms with Gasteiger partial charge in [0.25, 0.3) is 0 Å². The topological polar surface area (TPSA) is 55.6 Å². The second-order valence-corrected chi connectivity index (χ2v) is 4.28. The molecule has 0 spiro atoms. The average molecular weight is 273 g/mol. The SMILES string of the molecule is COC(=O)CN(C)c1cccc(Cl)c1C(N)=S. The van der Waals surface area contributed by atoms with E-state index in [2.05, 4.69) is 4.74 Å². The molecule has 1 aromatic carbocycles. The van der Waals surface area contributed by atoms with Crippen LogP contribution in [0.5, 0.6) is 0 Å². The van der Waals surface area contributed by atoms with Gasteiger partial charge in [0.2, 0.25) is 0 Å². The summed E-state index contributed by atoms with van der Waals surface area (Å²) >= 11 is 11.0. The summed E-state index contributed by atoms with van der Waals surface area (Å²) < 4.78 is 4.60. The molecule has 0 atom stereocenters. The van der Waals surface area contributed by atoms with E-state index in [0.29, 0.717) is 16.3 Å². The first-order valence-corrected chi connectivity index (χ1v) is 5.62. The fraction of sp³-hybridized carbons (Fsp3) is 0.273. The normalized spacial score (nSPS) is 9.82. The Hall–Kier alpha value is -1.33. The van der Waals surface area contributed by atoms with Crippen LogP contribution in [0.3, 0.4) is 0 Å².